The number of benzene rings is 1. The van der Waals surface area contributed by atoms with Crippen LogP contribution in [-0.2, 0) is 9.53 Å². The average molecular weight is 307 g/mol. The number of para-hydroxylation sites is 1. The van der Waals surface area contributed by atoms with Gasteiger partial charge >= 0.3 is 5.97 Å². The molecular weight excluding hydrogens is 290 g/mol. The summed E-state index contributed by atoms with van der Waals surface area (Å²) in [7, 11) is 0. The van der Waals surface area contributed by atoms with Gasteiger partial charge in [0, 0.05) is 0 Å². The Morgan fingerprint density at radius 1 is 1.38 bits per heavy atom. The van der Waals surface area contributed by atoms with Gasteiger partial charge < -0.3 is 19.6 Å². The van der Waals surface area contributed by atoms with E-state index < -0.39 is 5.97 Å². The smallest absolute Gasteiger partial charge is 0.344 e. The molecule has 0 saturated carbocycles. The van der Waals surface area contributed by atoms with Gasteiger partial charge in [-0.25, -0.2) is 4.79 Å². The molecule has 0 aliphatic carbocycles. The first-order valence-corrected chi connectivity index (χ1v) is 7.14. The Morgan fingerprint density at radius 3 is 2.86 bits per heavy atom. The molecule has 0 aliphatic heterocycles. The van der Waals surface area contributed by atoms with Crippen LogP contribution in [0.15, 0.2) is 28.7 Å². The number of hydrogen-bond acceptors (Lipinski definition) is 5. The van der Waals surface area contributed by atoms with Crippen LogP contribution in [0.25, 0.3) is 11.0 Å². The summed E-state index contributed by atoms with van der Waals surface area (Å²) in [5.74, 6) is 0.223. The molecule has 1 aromatic carbocycles. The van der Waals surface area contributed by atoms with Crippen LogP contribution in [0.1, 0.15) is 25.5 Å². The molecule has 0 spiro atoms. The average Bonchev–Trinajstić information content (AvgIpc) is 2.84. The van der Waals surface area contributed by atoms with Crippen molar-refractivity contribution in [3.8, 4) is 5.75 Å². The SMILES string of the molecule is CCCCOC(=O)COc1c(C(N)=S)oc2ccccc12. The fourth-order valence-corrected chi connectivity index (χ4v) is 1.96. The van der Waals surface area contributed by atoms with E-state index in [4.69, 9.17) is 31.8 Å². The van der Waals surface area contributed by atoms with E-state index >= 15 is 0 Å². The minimum absolute atomic E-state index is 0.0838. The normalized spacial score (nSPS) is 10.5. The van der Waals surface area contributed by atoms with Crippen LogP contribution in [0.4, 0.5) is 0 Å². The van der Waals surface area contributed by atoms with Gasteiger partial charge in [0.25, 0.3) is 0 Å². The molecule has 6 heteroatoms. The molecule has 0 radical (unpaired) electrons. The molecule has 0 amide bonds. The van der Waals surface area contributed by atoms with E-state index in [-0.39, 0.29) is 17.4 Å². The van der Waals surface area contributed by atoms with Crippen LogP contribution >= 0.6 is 12.2 Å². The maximum atomic E-state index is 11.6. The van der Waals surface area contributed by atoms with Crippen LogP contribution in [-0.4, -0.2) is 24.2 Å². The van der Waals surface area contributed by atoms with Crippen molar-refractivity contribution in [2.24, 2.45) is 5.73 Å². The van der Waals surface area contributed by atoms with Gasteiger partial charge in [0.15, 0.2) is 12.4 Å². The topological polar surface area (TPSA) is 74.7 Å². The van der Waals surface area contributed by atoms with E-state index in [1.54, 1.807) is 6.07 Å². The van der Waals surface area contributed by atoms with Crippen molar-refractivity contribution in [2.75, 3.05) is 13.2 Å². The molecule has 1 heterocycles. The van der Waals surface area contributed by atoms with Crippen molar-refractivity contribution in [1.82, 2.24) is 0 Å². The minimum atomic E-state index is -0.428. The summed E-state index contributed by atoms with van der Waals surface area (Å²) in [6.45, 7) is 2.21. The summed E-state index contributed by atoms with van der Waals surface area (Å²) in [6.07, 6.45) is 1.80. The number of fused-ring (bicyclic) bond motifs is 1. The van der Waals surface area contributed by atoms with Crippen LogP contribution < -0.4 is 10.5 Å². The van der Waals surface area contributed by atoms with E-state index in [0.717, 1.165) is 18.2 Å². The number of nitrogens with two attached hydrogens (primary N) is 1. The van der Waals surface area contributed by atoms with E-state index in [9.17, 15) is 4.79 Å². The zero-order valence-corrected chi connectivity index (χ0v) is 12.6. The second kappa shape index (κ2) is 7.08. The zero-order chi connectivity index (χ0) is 15.2. The Kier molecular flexibility index (Phi) is 5.16. The highest BCUT2D eigenvalue weighted by Crippen LogP contribution is 2.32. The maximum absolute atomic E-state index is 11.6. The third-order valence-corrected chi connectivity index (χ3v) is 3.05. The van der Waals surface area contributed by atoms with E-state index in [1.165, 1.54) is 0 Å². The molecule has 0 unspecified atom stereocenters. The highest BCUT2D eigenvalue weighted by Gasteiger charge is 2.18. The predicted octanol–water partition coefficient (Wildman–Crippen LogP) is 2.79. The van der Waals surface area contributed by atoms with Gasteiger partial charge in [0.2, 0.25) is 5.76 Å². The Balaban J connectivity index is 2.12. The first-order valence-electron chi connectivity index (χ1n) is 6.73. The molecule has 0 atom stereocenters. The molecule has 0 aliphatic rings. The molecule has 21 heavy (non-hydrogen) atoms. The standard InChI is InChI=1S/C15H17NO4S/c1-2-3-8-18-12(17)9-19-13-10-6-4-5-7-11(10)20-14(13)15(16)21/h4-7H,2-3,8-9H2,1H3,(H2,16,21). The molecule has 0 bridgehead atoms. The quantitative estimate of drug-likeness (QED) is 0.481. The van der Waals surface area contributed by atoms with E-state index in [0.29, 0.717) is 17.9 Å². The fourth-order valence-electron chi connectivity index (χ4n) is 1.83. The molecule has 0 fully saturated rings. The van der Waals surface area contributed by atoms with Crippen molar-refractivity contribution in [1.29, 1.82) is 0 Å². The molecule has 1 aromatic heterocycles. The first kappa shape index (κ1) is 15.3. The van der Waals surface area contributed by atoms with Crippen LogP contribution in [0.2, 0.25) is 0 Å². The molecular formula is C15H17NO4S. The summed E-state index contributed by atoms with van der Waals surface area (Å²) < 4.78 is 16.1. The maximum Gasteiger partial charge on any atom is 0.344 e. The summed E-state index contributed by atoms with van der Waals surface area (Å²) in [5.41, 5.74) is 6.23. The molecule has 2 aromatic rings. The van der Waals surface area contributed by atoms with E-state index in [1.807, 2.05) is 25.1 Å². The molecule has 2 N–H and O–H groups in total. The van der Waals surface area contributed by atoms with Crippen molar-refractivity contribution >= 4 is 34.1 Å². The van der Waals surface area contributed by atoms with Gasteiger partial charge in [-0.15, -0.1) is 0 Å². The van der Waals surface area contributed by atoms with Gasteiger partial charge in [-0.3, -0.25) is 0 Å². The second-order valence-electron chi connectivity index (χ2n) is 4.48. The number of furan rings is 1. The van der Waals surface area contributed by atoms with Crippen LogP contribution in [0.5, 0.6) is 5.75 Å². The largest absolute Gasteiger partial charge is 0.477 e. The highest BCUT2D eigenvalue weighted by molar-refractivity contribution is 7.80. The number of unbranched alkanes of at least 4 members (excludes halogenated alkanes) is 1. The Morgan fingerprint density at radius 2 is 2.14 bits per heavy atom. The van der Waals surface area contributed by atoms with Gasteiger partial charge in [-0.1, -0.05) is 37.7 Å². The monoisotopic (exact) mass is 307 g/mol. The summed E-state index contributed by atoms with van der Waals surface area (Å²) in [5, 5.41) is 0.724. The summed E-state index contributed by atoms with van der Waals surface area (Å²) in [6, 6.07) is 7.27. The van der Waals surface area contributed by atoms with Gasteiger partial charge in [0.1, 0.15) is 10.6 Å². The van der Waals surface area contributed by atoms with Crippen molar-refractivity contribution in [3.63, 3.8) is 0 Å². The molecule has 112 valence electrons. The first-order chi connectivity index (χ1) is 10.1. The van der Waals surface area contributed by atoms with Gasteiger partial charge in [-0.2, -0.15) is 0 Å². The number of rotatable bonds is 7. The highest BCUT2D eigenvalue weighted by atomic mass is 32.1. The van der Waals surface area contributed by atoms with Crippen molar-refractivity contribution in [3.05, 3.63) is 30.0 Å². The Bertz CT molecular complexity index is 650. The number of ether oxygens (including phenoxy) is 2. The zero-order valence-electron chi connectivity index (χ0n) is 11.8. The van der Waals surface area contributed by atoms with Gasteiger partial charge in [-0.05, 0) is 18.6 Å². The fraction of sp³-hybridized carbons (Fsp3) is 0.333. The number of hydrogen-bond donors (Lipinski definition) is 1. The van der Waals surface area contributed by atoms with Crippen molar-refractivity contribution in [2.45, 2.75) is 19.8 Å². The third-order valence-electron chi connectivity index (χ3n) is 2.87. The Hall–Kier alpha value is -2.08. The minimum Gasteiger partial charge on any atom is -0.477 e. The lowest BCUT2D eigenvalue weighted by atomic mass is 10.2. The molecule has 5 nitrogen and oxygen atoms in total. The third kappa shape index (κ3) is 3.72. The van der Waals surface area contributed by atoms with Crippen LogP contribution in [0.3, 0.4) is 0 Å². The van der Waals surface area contributed by atoms with Crippen LogP contribution in [0, 0.1) is 0 Å². The van der Waals surface area contributed by atoms with Crippen molar-refractivity contribution < 1.29 is 18.7 Å². The number of esters is 1. The van der Waals surface area contributed by atoms with E-state index in [2.05, 4.69) is 0 Å². The second-order valence-corrected chi connectivity index (χ2v) is 4.92. The predicted molar refractivity (Wildman–Crippen MR) is 83.5 cm³/mol. The molecule has 2 rings (SSSR count). The molecule has 0 saturated heterocycles. The summed E-state index contributed by atoms with van der Waals surface area (Å²) >= 11 is 4.94. The number of carbonyl (C=O) groups excluding carboxylic acids is 1. The number of thiocarbonyl (C=S) groups is 1. The Labute approximate surface area is 128 Å². The van der Waals surface area contributed by atoms with Gasteiger partial charge in [0.05, 0.1) is 12.0 Å². The lowest BCUT2D eigenvalue weighted by molar-refractivity contribution is -0.146. The summed E-state index contributed by atoms with van der Waals surface area (Å²) in [4.78, 5) is 11.7. The lowest BCUT2D eigenvalue weighted by Crippen LogP contribution is -2.17. The number of carbonyl (C=O) groups is 1. The lowest BCUT2D eigenvalue weighted by Gasteiger charge is -2.06.